The molecule has 1 saturated heterocycles. The lowest BCUT2D eigenvalue weighted by molar-refractivity contribution is -0.384. The zero-order chi connectivity index (χ0) is 14.8. The third kappa shape index (κ3) is 3.35. The van der Waals surface area contributed by atoms with Crippen molar-refractivity contribution in [2.24, 2.45) is 0 Å². The van der Waals surface area contributed by atoms with Gasteiger partial charge in [0.05, 0.1) is 4.92 Å². The molecule has 6 nitrogen and oxygen atoms in total. The van der Waals surface area contributed by atoms with Crippen molar-refractivity contribution in [3.63, 3.8) is 0 Å². The summed E-state index contributed by atoms with van der Waals surface area (Å²) in [6.07, 6.45) is -2.38. The van der Waals surface area contributed by atoms with E-state index in [-0.39, 0.29) is 11.7 Å². The lowest BCUT2D eigenvalue weighted by Gasteiger charge is -2.24. The summed E-state index contributed by atoms with van der Waals surface area (Å²) >= 11 is 0. The zero-order valence-corrected chi connectivity index (χ0v) is 10.4. The van der Waals surface area contributed by atoms with E-state index in [1.165, 1.54) is 0 Å². The van der Waals surface area contributed by atoms with Crippen molar-refractivity contribution in [1.82, 2.24) is 10.3 Å². The molecular weight excluding hydrogens is 277 g/mol. The number of pyridine rings is 1. The minimum Gasteiger partial charge on any atom is -0.375 e. The summed E-state index contributed by atoms with van der Waals surface area (Å²) in [7, 11) is 0. The van der Waals surface area contributed by atoms with Crippen LogP contribution in [0.2, 0.25) is 0 Å². The van der Waals surface area contributed by atoms with Gasteiger partial charge in [-0.15, -0.1) is 0 Å². The molecule has 0 saturated carbocycles. The smallest absolute Gasteiger partial charge is 0.375 e. The van der Waals surface area contributed by atoms with Gasteiger partial charge in [-0.1, -0.05) is 0 Å². The van der Waals surface area contributed by atoms with Crippen molar-refractivity contribution in [2.45, 2.75) is 25.1 Å². The summed E-state index contributed by atoms with van der Waals surface area (Å²) in [6, 6.07) is 0.554. The Morgan fingerprint density at radius 2 is 2.25 bits per heavy atom. The van der Waals surface area contributed by atoms with Gasteiger partial charge in [0.25, 0.3) is 0 Å². The quantitative estimate of drug-likeness (QED) is 0.658. The number of piperidine rings is 1. The molecule has 0 amide bonds. The summed E-state index contributed by atoms with van der Waals surface area (Å²) in [5.74, 6) is 0. The van der Waals surface area contributed by atoms with Gasteiger partial charge in [-0.2, -0.15) is 13.2 Å². The van der Waals surface area contributed by atoms with Gasteiger partial charge in [-0.3, -0.25) is 10.1 Å². The van der Waals surface area contributed by atoms with Crippen LogP contribution in [0.25, 0.3) is 0 Å². The van der Waals surface area contributed by atoms with Crippen molar-refractivity contribution in [2.75, 3.05) is 18.4 Å². The lowest BCUT2D eigenvalue weighted by atomic mass is 10.1. The summed E-state index contributed by atoms with van der Waals surface area (Å²) in [5, 5.41) is 16.7. The topological polar surface area (TPSA) is 80.1 Å². The number of alkyl halides is 3. The van der Waals surface area contributed by atoms with E-state index in [0.29, 0.717) is 18.8 Å². The molecule has 9 heteroatoms. The Bertz CT molecular complexity index is 501. The fraction of sp³-hybridized carbons (Fsp3) is 0.545. The molecule has 0 aromatic carbocycles. The van der Waals surface area contributed by atoms with Gasteiger partial charge in [0.15, 0.2) is 0 Å². The Balaban J connectivity index is 2.29. The normalized spacial score (nSPS) is 19.6. The molecule has 1 aliphatic heterocycles. The number of nitro groups is 1. The van der Waals surface area contributed by atoms with Crippen LogP contribution in [-0.2, 0) is 6.18 Å². The Morgan fingerprint density at radius 3 is 2.80 bits per heavy atom. The molecule has 1 unspecified atom stereocenters. The van der Waals surface area contributed by atoms with Crippen LogP contribution in [0.4, 0.5) is 24.5 Å². The highest BCUT2D eigenvalue weighted by molar-refractivity contribution is 5.61. The lowest BCUT2D eigenvalue weighted by Crippen LogP contribution is -2.38. The first-order valence-electron chi connectivity index (χ1n) is 6.07. The fourth-order valence-corrected chi connectivity index (χ4v) is 2.06. The van der Waals surface area contributed by atoms with E-state index in [2.05, 4.69) is 15.6 Å². The highest BCUT2D eigenvalue weighted by Crippen LogP contribution is 2.33. The van der Waals surface area contributed by atoms with Crippen LogP contribution in [0.5, 0.6) is 0 Å². The number of nitrogens with zero attached hydrogens (tertiary/aromatic N) is 2. The maximum Gasteiger partial charge on any atom is 0.433 e. The molecule has 1 atom stereocenters. The molecule has 1 fully saturated rings. The molecule has 1 aromatic heterocycles. The third-order valence-electron chi connectivity index (χ3n) is 3.03. The monoisotopic (exact) mass is 290 g/mol. The number of hydrogen-bond acceptors (Lipinski definition) is 5. The molecule has 0 bridgehead atoms. The maximum atomic E-state index is 12.6. The third-order valence-corrected chi connectivity index (χ3v) is 3.03. The second-order valence-corrected chi connectivity index (χ2v) is 4.53. The van der Waals surface area contributed by atoms with Gasteiger partial charge in [0.2, 0.25) is 0 Å². The van der Waals surface area contributed by atoms with Gasteiger partial charge >= 0.3 is 11.9 Å². The summed E-state index contributed by atoms with van der Waals surface area (Å²) in [6.45, 7) is 1.39. The Morgan fingerprint density at radius 1 is 1.50 bits per heavy atom. The minimum atomic E-state index is -4.63. The van der Waals surface area contributed by atoms with E-state index in [1.54, 1.807) is 0 Å². The fourth-order valence-electron chi connectivity index (χ4n) is 2.06. The summed E-state index contributed by atoms with van der Waals surface area (Å²) < 4.78 is 37.8. The number of hydrogen-bond donors (Lipinski definition) is 2. The molecule has 1 aliphatic rings. The van der Waals surface area contributed by atoms with Crippen LogP contribution in [-0.4, -0.2) is 29.0 Å². The Kier molecular flexibility index (Phi) is 4.07. The summed E-state index contributed by atoms with van der Waals surface area (Å²) in [5.41, 5.74) is -1.75. The van der Waals surface area contributed by atoms with Crippen LogP contribution in [0.1, 0.15) is 18.5 Å². The second-order valence-electron chi connectivity index (χ2n) is 4.53. The van der Waals surface area contributed by atoms with Gasteiger partial charge in [0, 0.05) is 12.6 Å². The minimum absolute atomic E-state index is 0.133. The summed E-state index contributed by atoms with van der Waals surface area (Å²) in [4.78, 5) is 13.2. The number of anilines is 1. The van der Waals surface area contributed by atoms with Crippen LogP contribution in [0.15, 0.2) is 12.3 Å². The SMILES string of the molecule is O=[N+]([O-])c1cnc(C(F)(F)F)cc1NC1CCCNC1. The zero-order valence-electron chi connectivity index (χ0n) is 10.4. The molecule has 110 valence electrons. The first kappa shape index (κ1) is 14.5. The molecule has 0 aliphatic carbocycles. The van der Waals surface area contributed by atoms with Gasteiger partial charge in [-0.25, -0.2) is 4.98 Å². The highest BCUT2D eigenvalue weighted by Gasteiger charge is 2.34. The van der Waals surface area contributed by atoms with E-state index in [0.717, 1.165) is 19.4 Å². The first-order chi connectivity index (χ1) is 9.38. The standard InChI is InChI=1S/C11H13F3N4O2/c12-11(13,14)10-4-8(9(6-16-10)18(19)20)17-7-2-1-3-15-5-7/h4,6-7,15H,1-3,5H2,(H,16,17). The van der Waals surface area contributed by atoms with Crippen LogP contribution >= 0.6 is 0 Å². The molecular formula is C11H13F3N4O2. The van der Waals surface area contributed by atoms with Crippen molar-refractivity contribution in [1.29, 1.82) is 0 Å². The van der Waals surface area contributed by atoms with Crippen molar-refractivity contribution >= 4 is 11.4 Å². The van der Waals surface area contributed by atoms with E-state index in [4.69, 9.17) is 0 Å². The molecule has 0 spiro atoms. The second kappa shape index (κ2) is 5.61. The average Bonchev–Trinajstić information content (AvgIpc) is 2.38. The number of rotatable bonds is 3. The molecule has 20 heavy (non-hydrogen) atoms. The molecule has 0 radical (unpaired) electrons. The van der Waals surface area contributed by atoms with Crippen molar-refractivity contribution in [3.8, 4) is 0 Å². The maximum absolute atomic E-state index is 12.6. The largest absolute Gasteiger partial charge is 0.433 e. The first-order valence-corrected chi connectivity index (χ1v) is 6.07. The predicted molar refractivity (Wildman–Crippen MR) is 65.4 cm³/mol. The molecule has 1 aromatic rings. The van der Waals surface area contributed by atoms with E-state index in [9.17, 15) is 23.3 Å². The number of halogens is 3. The van der Waals surface area contributed by atoms with Crippen LogP contribution < -0.4 is 10.6 Å². The van der Waals surface area contributed by atoms with Crippen molar-refractivity contribution in [3.05, 3.63) is 28.1 Å². The van der Waals surface area contributed by atoms with E-state index >= 15 is 0 Å². The molecule has 2 rings (SSSR count). The van der Waals surface area contributed by atoms with Gasteiger partial charge in [0.1, 0.15) is 17.6 Å². The van der Waals surface area contributed by atoms with Crippen LogP contribution in [0, 0.1) is 10.1 Å². The van der Waals surface area contributed by atoms with E-state index < -0.39 is 22.5 Å². The van der Waals surface area contributed by atoms with E-state index in [1.807, 2.05) is 0 Å². The number of aromatic nitrogens is 1. The predicted octanol–water partition coefficient (Wildman–Crippen LogP) is 2.17. The molecule has 2 N–H and O–H groups in total. The van der Waals surface area contributed by atoms with Gasteiger partial charge in [-0.05, 0) is 25.5 Å². The van der Waals surface area contributed by atoms with Crippen LogP contribution in [0.3, 0.4) is 0 Å². The number of nitrogens with one attached hydrogen (secondary N) is 2. The van der Waals surface area contributed by atoms with Crippen molar-refractivity contribution < 1.29 is 18.1 Å². The molecule has 2 heterocycles. The highest BCUT2D eigenvalue weighted by atomic mass is 19.4. The Labute approximate surface area is 112 Å². The Hall–Kier alpha value is -1.90. The average molecular weight is 290 g/mol. The van der Waals surface area contributed by atoms with Gasteiger partial charge < -0.3 is 10.6 Å².